The number of carbonyl (C=O) groups is 1. The lowest BCUT2D eigenvalue weighted by atomic mass is 10.1. The Balaban J connectivity index is 1.86. The number of nitrogens with one attached hydrogen (secondary N) is 1. The molecule has 0 aliphatic heterocycles. The molecule has 1 N–H and O–H groups in total. The van der Waals surface area contributed by atoms with Gasteiger partial charge in [-0.2, -0.15) is 0 Å². The Labute approximate surface area is 107 Å². The van der Waals surface area contributed by atoms with Crippen LogP contribution in [0.1, 0.15) is 21.7 Å². The van der Waals surface area contributed by atoms with Crippen molar-refractivity contribution in [2.75, 3.05) is 6.54 Å². The Morgan fingerprint density at radius 3 is 2.61 bits per heavy atom. The highest BCUT2D eigenvalue weighted by Gasteiger charge is 2.05. The van der Waals surface area contributed by atoms with E-state index in [1.807, 2.05) is 37.3 Å². The molecule has 0 bridgehead atoms. The van der Waals surface area contributed by atoms with E-state index in [4.69, 9.17) is 0 Å². The Bertz CT molecular complexity index is 523. The van der Waals surface area contributed by atoms with Gasteiger partial charge in [-0.1, -0.05) is 36.4 Å². The minimum atomic E-state index is -0.116. The van der Waals surface area contributed by atoms with E-state index in [1.54, 1.807) is 6.07 Å². The molecule has 2 rings (SSSR count). The molecule has 0 spiro atoms. The van der Waals surface area contributed by atoms with Crippen LogP contribution < -0.4 is 5.32 Å². The second kappa shape index (κ2) is 5.96. The lowest BCUT2D eigenvalue weighted by Gasteiger charge is -2.05. The number of pyridine rings is 1. The molecule has 0 atom stereocenters. The molecule has 0 saturated carbocycles. The minimum Gasteiger partial charge on any atom is -0.350 e. The number of aryl methyl sites for hydroxylation is 1. The number of amides is 1. The van der Waals surface area contributed by atoms with Gasteiger partial charge in [0.05, 0.1) is 0 Å². The first kappa shape index (κ1) is 12.3. The van der Waals surface area contributed by atoms with Gasteiger partial charge in [0.25, 0.3) is 5.91 Å². The standard InChI is InChI=1S/C15H16N2O/c1-12-6-5-9-14(17-12)15(18)16-11-10-13-7-3-2-4-8-13/h2-9H,10-11H2,1H3,(H,16,18). The highest BCUT2D eigenvalue weighted by Crippen LogP contribution is 2.00. The first-order valence-corrected chi connectivity index (χ1v) is 6.01. The van der Waals surface area contributed by atoms with Crippen LogP contribution in [-0.2, 0) is 6.42 Å². The maximum atomic E-state index is 11.8. The van der Waals surface area contributed by atoms with Gasteiger partial charge < -0.3 is 5.32 Å². The van der Waals surface area contributed by atoms with Gasteiger partial charge in [0, 0.05) is 12.2 Å². The third kappa shape index (κ3) is 3.42. The van der Waals surface area contributed by atoms with Crippen LogP contribution in [0.3, 0.4) is 0 Å². The second-order valence-corrected chi connectivity index (χ2v) is 4.16. The van der Waals surface area contributed by atoms with Gasteiger partial charge in [-0.3, -0.25) is 4.79 Å². The molecular formula is C15H16N2O. The fourth-order valence-corrected chi connectivity index (χ4v) is 1.73. The Morgan fingerprint density at radius 2 is 1.89 bits per heavy atom. The van der Waals surface area contributed by atoms with E-state index < -0.39 is 0 Å². The van der Waals surface area contributed by atoms with E-state index in [0.717, 1.165) is 12.1 Å². The average molecular weight is 240 g/mol. The molecule has 2 aromatic rings. The largest absolute Gasteiger partial charge is 0.350 e. The van der Waals surface area contributed by atoms with Crippen LogP contribution in [0.25, 0.3) is 0 Å². The number of benzene rings is 1. The molecule has 0 unspecified atom stereocenters. The van der Waals surface area contributed by atoms with E-state index in [2.05, 4.69) is 22.4 Å². The molecule has 0 fully saturated rings. The SMILES string of the molecule is Cc1cccc(C(=O)NCCc2ccccc2)n1. The van der Waals surface area contributed by atoms with Gasteiger partial charge >= 0.3 is 0 Å². The monoisotopic (exact) mass is 240 g/mol. The van der Waals surface area contributed by atoms with E-state index in [1.165, 1.54) is 5.56 Å². The summed E-state index contributed by atoms with van der Waals surface area (Å²) < 4.78 is 0. The second-order valence-electron chi connectivity index (χ2n) is 4.16. The zero-order valence-electron chi connectivity index (χ0n) is 10.4. The van der Waals surface area contributed by atoms with E-state index in [-0.39, 0.29) is 5.91 Å². The summed E-state index contributed by atoms with van der Waals surface area (Å²) >= 11 is 0. The van der Waals surface area contributed by atoms with Gasteiger partial charge in [-0.25, -0.2) is 4.98 Å². The molecule has 0 aliphatic rings. The lowest BCUT2D eigenvalue weighted by molar-refractivity contribution is 0.0949. The molecule has 1 aromatic heterocycles. The number of carbonyl (C=O) groups excluding carboxylic acids is 1. The summed E-state index contributed by atoms with van der Waals surface area (Å²) in [5.74, 6) is -0.116. The molecule has 1 amide bonds. The third-order valence-corrected chi connectivity index (χ3v) is 2.66. The first-order valence-electron chi connectivity index (χ1n) is 6.01. The molecule has 92 valence electrons. The molecular weight excluding hydrogens is 224 g/mol. The zero-order chi connectivity index (χ0) is 12.8. The molecule has 1 aromatic carbocycles. The van der Waals surface area contributed by atoms with Crippen molar-refractivity contribution in [2.45, 2.75) is 13.3 Å². The minimum absolute atomic E-state index is 0.116. The van der Waals surface area contributed by atoms with E-state index in [9.17, 15) is 4.79 Å². The van der Waals surface area contributed by atoms with E-state index in [0.29, 0.717) is 12.2 Å². The van der Waals surface area contributed by atoms with Gasteiger partial charge in [0.1, 0.15) is 5.69 Å². The Hall–Kier alpha value is -2.16. The predicted molar refractivity (Wildman–Crippen MR) is 71.5 cm³/mol. The number of hydrogen-bond acceptors (Lipinski definition) is 2. The first-order chi connectivity index (χ1) is 8.75. The summed E-state index contributed by atoms with van der Waals surface area (Å²) in [5, 5.41) is 2.87. The van der Waals surface area contributed by atoms with Crippen molar-refractivity contribution in [3.63, 3.8) is 0 Å². The molecule has 18 heavy (non-hydrogen) atoms. The summed E-state index contributed by atoms with van der Waals surface area (Å²) in [6.07, 6.45) is 0.832. The molecule has 3 nitrogen and oxygen atoms in total. The summed E-state index contributed by atoms with van der Waals surface area (Å²) in [7, 11) is 0. The zero-order valence-corrected chi connectivity index (χ0v) is 10.4. The van der Waals surface area contributed by atoms with Gasteiger partial charge in [0.15, 0.2) is 0 Å². The summed E-state index contributed by atoms with van der Waals surface area (Å²) in [6, 6.07) is 15.5. The quantitative estimate of drug-likeness (QED) is 0.891. The van der Waals surface area contributed by atoms with Crippen molar-refractivity contribution in [3.8, 4) is 0 Å². The Morgan fingerprint density at radius 1 is 1.11 bits per heavy atom. The Kier molecular flexibility index (Phi) is 4.07. The van der Waals surface area contributed by atoms with Crippen LogP contribution in [0.4, 0.5) is 0 Å². The van der Waals surface area contributed by atoms with Crippen LogP contribution in [0.15, 0.2) is 48.5 Å². The lowest BCUT2D eigenvalue weighted by Crippen LogP contribution is -2.26. The molecule has 3 heteroatoms. The predicted octanol–water partition coefficient (Wildman–Crippen LogP) is 2.36. The maximum absolute atomic E-state index is 11.8. The topological polar surface area (TPSA) is 42.0 Å². The number of aromatic nitrogens is 1. The smallest absolute Gasteiger partial charge is 0.269 e. The van der Waals surface area contributed by atoms with Crippen molar-refractivity contribution in [1.82, 2.24) is 10.3 Å². The van der Waals surface area contributed by atoms with Crippen LogP contribution in [-0.4, -0.2) is 17.4 Å². The normalized spacial score (nSPS) is 10.1. The fraction of sp³-hybridized carbons (Fsp3) is 0.200. The van der Waals surface area contributed by atoms with Crippen molar-refractivity contribution >= 4 is 5.91 Å². The molecule has 0 aliphatic carbocycles. The number of hydrogen-bond donors (Lipinski definition) is 1. The average Bonchev–Trinajstić information content (AvgIpc) is 2.40. The molecule has 1 heterocycles. The summed E-state index contributed by atoms with van der Waals surface area (Å²) in [6.45, 7) is 2.50. The van der Waals surface area contributed by atoms with Gasteiger partial charge in [0.2, 0.25) is 0 Å². The highest BCUT2D eigenvalue weighted by molar-refractivity contribution is 5.92. The van der Waals surface area contributed by atoms with Gasteiger partial charge in [-0.05, 0) is 31.0 Å². The van der Waals surface area contributed by atoms with Crippen molar-refractivity contribution in [1.29, 1.82) is 0 Å². The van der Waals surface area contributed by atoms with Crippen LogP contribution in [0, 0.1) is 6.92 Å². The molecule has 0 radical (unpaired) electrons. The van der Waals surface area contributed by atoms with E-state index >= 15 is 0 Å². The van der Waals surface area contributed by atoms with Crippen molar-refractivity contribution in [2.24, 2.45) is 0 Å². The van der Waals surface area contributed by atoms with Crippen LogP contribution in [0.2, 0.25) is 0 Å². The maximum Gasteiger partial charge on any atom is 0.269 e. The summed E-state index contributed by atoms with van der Waals surface area (Å²) in [4.78, 5) is 16.0. The van der Waals surface area contributed by atoms with Gasteiger partial charge in [-0.15, -0.1) is 0 Å². The highest BCUT2D eigenvalue weighted by atomic mass is 16.1. The molecule has 0 saturated heterocycles. The van der Waals surface area contributed by atoms with Crippen LogP contribution >= 0.6 is 0 Å². The fourth-order valence-electron chi connectivity index (χ4n) is 1.73. The number of nitrogens with zero attached hydrogens (tertiary/aromatic N) is 1. The van der Waals surface area contributed by atoms with Crippen molar-refractivity contribution in [3.05, 3.63) is 65.5 Å². The van der Waals surface area contributed by atoms with Crippen LogP contribution in [0.5, 0.6) is 0 Å². The number of rotatable bonds is 4. The third-order valence-electron chi connectivity index (χ3n) is 2.66. The summed E-state index contributed by atoms with van der Waals surface area (Å²) in [5.41, 5.74) is 2.55. The van der Waals surface area contributed by atoms with Crippen molar-refractivity contribution < 1.29 is 4.79 Å².